The Hall–Kier alpha value is -0.280. The molecule has 1 nitrogen and oxygen atoms in total. The Labute approximate surface area is 86.5 Å². The molecule has 0 saturated carbocycles. The third kappa shape index (κ3) is 2.15. The molecule has 1 saturated heterocycles. The van der Waals surface area contributed by atoms with E-state index in [0.717, 1.165) is 29.2 Å². The van der Waals surface area contributed by atoms with Crippen LogP contribution in [-0.4, -0.2) is 17.3 Å². The first-order chi connectivity index (χ1) is 6.38. The second kappa shape index (κ2) is 4.29. The average Bonchev–Trinajstić information content (AvgIpc) is 2.71. The van der Waals surface area contributed by atoms with Gasteiger partial charge < -0.3 is 0 Å². The Balaban J connectivity index is 2.04. The van der Waals surface area contributed by atoms with Crippen molar-refractivity contribution in [2.24, 2.45) is 5.92 Å². The van der Waals surface area contributed by atoms with Crippen molar-refractivity contribution in [1.29, 1.82) is 0 Å². The number of Topliss-reactive ketones (excluding diaryl/α,β-unsaturated/α-hetero) is 1. The van der Waals surface area contributed by atoms with Crippen LogP contribution in [0.4, 0.5) is 0 Å². The molecule has 2 rings (SSSR count). The number of carbonyl (C=O) groups is 1. The topological polar surface area (TPSA) is 17.1 Å². The van der Waals surface area contributed by atoms with Crippen LogP contribution >= 0.6 is 23.1 Å². The van der Waals surface area contributed by atoms with Crippen molar-refractivity contribution < 1.29 is 4.79 Å². The quantitative estimate of drug-likeness (QED) is 0.701. The van der Waals surface area contributed by atoms with Crippen LogP contribution in [0.3, 0.4) is 0 Å². The van der Waals surface area contributed by atoms with Gasteiger partial charge in [-0.25, -0.2) is 0 Å². The van der Waals surface area contributed by atoms with Gasteiger partial charge in [-0.05, 0) is 35.8 Å². The summed E-state index contributed by atoms with van der Waals surface area (Å²) in [6.07, 6.45) is 2.14. The molecule has 0 unspecified atom stereocenters. The van der Waals surface area contributed by atoms with Crippen LogP contribution in [-0.2, 0) is 0 Å². The molecule has 0 atom stereocenters. The van der Waals surface area contributed by atoms with Gasteiger partial charge in [-0.15, -0.1) is 11.3 Å². The number of carbonyl (C=O) groups excluding carboxylic acids is 1. The molecule has 13 heavy (non-hydrogen) atoms. The molecule has 0 aliphatic carbocycles. The Kier molecular flexibility index (Phi) is 3.06. The minimum atomic E-state index is 0.305. The van der Waals surface area contributed by atoms with E-state index in [2.05, 4.69) is 0 Å². The van der Waals surface area contributed by atoms with Gasteiger partial charge in [-0.1, -0.05) is 6.07 Å². The van der Waals surface area contributed by atoms with Gasteiger partial charge in [-0.2, -0.15) is 11.8 Å². The number of hydrogen-bond acceptors (Lipinski definition) is 3. The van der Waals surface area contributed by atoms with Crippen LogP contribution in [0.15, 0.2) is 17.5 Å². The molecule has 0 spiro atoms. The van der Waals surface area contributed by atoms with Crippen LogP contribution in [0.25, 0.3) is 0 Å². The monoisotopic (exact) mass is 212 g/mol. The molecule has 1 aromatic rings. The highest BCUT2D eigenvalue weighted by molar-refractivity contribution is 7.99. The summed E-state index contributed by atoms with van der Waals surface area (Å²) < 4.78 is 0. The molecule has 0 aromatic carbocycles. The van der Waals surface area contributed by atoms with Crippen molar-refractivity contribution in [3.8, 4) is 0 Å². The second-order valence-electron chi connectivity index (χ2n) is 3.23. The van der Waals surface area contributed by atoms with Crippen molar-refractivity contribution in [3.05, 3.63) is 22.4 Å². The van der Waals surface area contributed by atoms with E-state index in [1.807, 2.05) is 29.3 Å². The number of rotatable bonds is 2. The lowest BCUT2D eigenvalue weighted by Crippen LogP contribution is -2.18. The van der Waals surface area contributed by atoms with Crippen LogP contribution in [0.5, 0.6) is 0 Å². The maximum absolute atomic E-state index is 11.9. The summed E-state index contributed by atoms with van der Waals surface area (Å²) >= 11 is 3.53. The predicted molar refractivity (Wildman–Crippen MR) is 58.7 cm³/mol. The first-order valence-electron chi connectivity index (χ1n) is 4.53. The number of ketones is 1. The normalized spacial score (nSPS) is 18.8. The minimum absolute atomic E-state index is 0.305. The highest BCUT2D eigenvalue weighted by atomic mass is 32.2. The molecule has 1 aliphatic rings. The van der Waals surface area contributed by atoms with Gasteiger partial charge in [0.15, 0.2) is 5.78 Å². The lowest BCUT2D eigenvalue weighted by Gasteiger charge is -2.19. The van der Waals surface area contributed by atoms with E-state index in [0.29, 0.717) is 11.7 Å². The fourth-order valence-electron chi connectivity index (χ4n) is 1.58. The van der Waals surface area contributed by atoms with Crippen LogP contribution in [0.1, 0.15) is 22.5 Å². The summed E-state index contributed by atoms with van der Waals surface area (Å²) in [5.41, 5.74) is 0. The van der Waals surface area contributed by atoms with Crippen molar-refractivity contribution in [1.82, 2.24) is 0 Å². The summed E-state index contributed by atoms with van der Waals surface area (Å²) in [5.74, 6) is 2.99. The molecular weight excluding hydrogens is 200 g/mol. The fraction of sp³-hybridized carbons (Fsp3) is 0.500. The highest BCUT2D eigenvalue weighted by Gasteiger charge is 2.22. The van der Waals surface area contributed by atoms with E-state index >= 15 is 0 Å². The maximum atomic E-state index is 11.9. The minimum Gasteiger partial charge on any atom is -0.293 e. The molecule has 70 valence electrons. The van der Waals surface area contributed by atoms with Gasteiger partial charge in [0.2, 0.25) is 0 Å². The van der Waals surface area contributed by atoms with Crippen LogP contribution in [0.2, 0.25) is 0 Å². The molecule has 1 aromatic heterocycles. The maximum Gasteiger partial charge on any atom is 0.175 e. The first kappa shape index (κ1) is 9.28. The number of hydrogen-bond donors (Lipinski definition) is 0. The van der Waals surface area contributed by atoms with Crippen molar-refractivity contribution in [3.63, 3.8) is 0 Å². The van der Waals surface area contributed by atoms with E-state index < -0.39 is 0 Å². The molecule has 0 N–H and O–H groups in total. The van der Waals surface area contributed by atoms with E-state index in [-0.39, 0.29) is 0 Å². The number of thiophene rings is 1. The molecule has 0 radical (unpaired) electrons. The van der Waals surface area contributed by atoms with Gasteiger partial charge in [0.05, 0.1) is 4.88 Å². The van der Waals surface area contributed by atoms with Crippen molar-refractivity contribution in [2.75, 3.05) is 11.5 Å². The summed E-state index contributed by atoms with van der Waals surface area (Å²) in [5, 5.41) is 1.98. The highest BCUT2D eigenvalue weighted by Crippen LogP contribution is 2.27. The van der Waals surface area contributed by atoms with E-state index in [1.54, 1.807) is 11.3 Å². The van der Waals surface area contributed by atoms with Gasteiger partial charge in [0, 0.05) is 5.92 Å². The van der Waals surface area contributed by atoms with E-state index in [9.17, 15) is 4.79 Å². The van der Waals surface area contributed by atoms with E-state index in [4.69, 9.17) is 0 Å². The summed E-state index contributed by atoms with van der Waals surface area (Å²) in [6, 6.07) is 3.89. The number of thioether (sulfide) groups is 1. The second-order valence-corrected chi connectivity index (χ2v) is 5.40. The molecule has 1 fully saturated rings. The zero-order valence-electron chi connectivity index (χ0n) is 7.36. The Morgan fingerprint density at radius 2 is 2.15 bits per heavy atom. The summed E-state index contributed by atoms with van der Waals surface area (Å²) in [4.78, 5) is 12.8. The fourth-order valence-corrected chi connectivity index (χ4v) is 3.43. The van der Waals surface area contributed by atoms with Crippen molar-refractivity contribution >= 4 is 28.9 Å². The zero-order chi connectivity index (χ0) is 9.10. The van der Waals surface area contributed by atoms with Crippen LogP contribution in [0, 0.1) is 5.92 Å². The zero-order valence-corrected chi connectivity index (χ0v) is 9.00. The molecule has 1 aliphatic heterocycles. The van der Waals surface area contributed by atoms with Gasteiger partial charge in [-0.3, -0.25) is 4.79 Å². The molecule has 2 heterocycles. The lowest BCUT2D eigenvalue weighted by molar-refractivity contribution is 0.0917. The van der Waals surface area contributed by atoms with Gasteiger partial charge in [0.25, 0.3) is 0 Å². The Bertz CT molecular complexity index is 273. The van der Waals surface area contributed by atoms with E-state index in [1.165, 1.54) is 0 Å². The third-order valence-electron chi connectivity index (χ3n) is 2.36. The van der Waals surface area contributed by atoms with Crippen LogP contribution < -0.4 is 0 Å². The average molecular weight is 212 g/mol. The van der Waals surface area contributed by atoms with Crippen molar-refractivity contribution in [2.45, 2.75) is 12.8 Å². The summed E-state index contributed by atoms with van der Waals surface area (Å²) in [6.45, 7) is 0. The molecule has 0 amide bonds. The van der Waals surface area contributed by atoms with Gasteiger partial charge in [0.1, 0.15) is 0 Å². The smallest absolute Gasteiger partial charge is 0.175 e. The Morgan fingerprint density at radius 1 is 1.38 bits per heavy atom. The molecule has 3 heteroatoms. The SMILES string of the molecule is O=C(c1cccs1)C1CCSCC1. The summed E-state index contributed by atoms with van der Waals surface area (Å²) in [7, 11) is 0. The standard InChI is InChI=1S/C10H12OS2/c11-10(9-2-1-5-13-9)8-3-6-12-7-4-8/h1-2,5,8H,3-4,6-7H2. The molecular formula is C10H12OS2. The Morgan fingerprint density at radius 3 is 2.77 bits per heavy atom. The molecule has 0 bridgehead atoms. The first-order valence-corrected chi connectivity index (χ1v) is 6.57. The largest absolute Gasteiger partial charge is 0.293 e. The van der Waals surface area contributed by atoms with Gasteiger partial charge >= 0.3 is 0 Å². The third-order valence-corrected chi connectivity index (χ3v) is 4.29. The lowest BCUT2D eigenvalue weighted by atomic mass is 9.97. The predicted octanol–water partition coefficient (Wildman–Crippen LogP) is 3.07.